The van der Waals surface area contributed by atoms with Gasteiger partial charge in [0.05, 0.1) is 29.2 Å². The number of amides is 3. The van der Waals surface area contributed by atoms with Gasteiger partial charge in [-0.1, -0.05) is 0 Å². The average Bonchev–Trinajstić information content (AvgIpc) is 3.09. The number of carbonyl (C=O) groups is 2. The number of carbonyl (C=O) groups excluding carboxylic acids is 2. The molecule has 3 aromatic rings. The fourth-order valence-electron chi connectivity index (χ4n) is 2.35. The number of benzene rings is 1. The van der Waals surface area contributed by atoms with Gasteiger partial charge in [0.1, 0.15) is 0 Å². The number of nitrogens with one attached hydrogen (secondary N) is 4. The summed E-state index contributed by atoms with van der Waals surface area (Å²) in [6.45, 7) is 0.995. The van der Waals surface area contributed by atoms with Crippen LogP contribution in [0.5, 0.6) is 0 Å². The van der Waals surface area contributed by atoms with E-state index in [-0.39, 0.29) is 5.91 Å². The highest BCUT2D eigenvalue weighted by Gasteiger charge is 2.09. The maximum atomic E-state index is 12.2. The highest BCUT2D eigenvalue weighted by molar-refractivity contribution is 6.02. The van der Waals surface area contributed by atoms with Crippen molar-refractivity contribution in [1.82, 2.24) is 20.5 Å². The molecule has 0 unspecified atom stereocenters. The van der Waals surface area contributed by atoms with E-state index in [2.05, 4.69) is 31.1 Å². The molecule has 0 aliphatic rings. The van der Waals surface area contributed by atoms with E-state index in [0.29, 0.717) is 36.4 Å². The van der Waals surface area contributed by atoms with Gasteiger partial charge in [0.25, 0.3) is 5.91 Å². The first kappa shape index (κ1) is 17.4. The van der Waals surface area contributed by atoms with E-state index >= 15 is 0 Å². The van der Waals surface area contributed by atoms with Gasteiger partial charge < -0.3 is 21.7 Å². The number of fused-ring (bicyclic) bond motifs is 1. The predicted octanol–water partition coefficient (Wildman–Crippen LogP) is 1.68. The van der Waals surface area contributed by atoms with Crippen LogP contribution in [0.15, 0.2) is 42.9 Å². The van der Waals surface area contributed by atoms with Crippen LogP contribution in [0.25, 0.3) is 10.9 Å². The number of aromatic nitrogens is 3. The fourth-order valence-corrected chi connectivity index (χ4v) is 2.35. The number of anilines is 2. The molecule has 26 heavy (non-hydrogen) atoms. The Labute approximate surface area is 149 Å². The van der Waals surface area contributed by atoms with Crippen molar-refractivity contribution >= 4 is 34.2 Å². The highest BCUT2D eigenvalue weighted by atomic mass is 16.2. The maximum Gasteiger partial charge on any atom is 0.323 e. The van der Waals surface area contributed by atoms with E-state index in [1.165, 1.54) is 12.4 Å². The van der Waals surface area contributed by atoms with Gasteiger partial charge in [-0.3, -0.25) is 14.9 Å². The molecule has 0 saturated heterocycles. The molecule has 134 valence electrons. The van der Waals surface area contributed by atoms with Gasteiger partial charge in [0, 0.05) is 23.8 Å². The maximum absolute atomic E-state index is 12.2. The Hall–Kier alpha value is -3.46. The van der Waals surface area contributed by atoms with Crippen LogP contribution in [0.1, 0.15) is 16.8 Å². The molecule has 3 amide bonds. The Kier molecular flexibility index (Phi) is 5.40. The van der Waals surface area contributed by atoms with Crippen LogP contribution in [0.2, 0.25) is 0 Å². The SMILES string of the molecule is NCCCNC(=O)c1cncc(NC(=O)Nc2ccc3[nH]ncc3c2)c1. The summed E-state index contributed by atoms with van der Waals surface area (Å²) in [5.41, 5.74) is 7.68. The third-order valence-corrected chi connectivity index (χ3v) is 3.62. The molecule has 9 heteroatoms. The lowest BCUT2D eigenvalue weighted by Gasteiger charge is -2.09. The summed E-state index contributed by atoms with van der Waals surface area (Å²) in [5, 5.41) is 15.8. The number of aromatic amines is 1. The molecule has 2 aromatic heterocycles. The van der Waals surface area contributed by atoms with Crippen molar-refractivity contribution in [1.29, 1.82) is 0 Å². The first-order valence-electron chi connectivity index (χ1n) is 8.10. The van der Waals surface area contributed by atoms with E-state index < -0.39 is 6.03 Å². The van der Waals surface area contributed by atoms with Crippen LogP contribution >= 0.6 is 0 Å². The summed E-state index contributed by atoms with van der Waals surface area (Å²) in [6.07, 6.45) is 5.28. The van der Waals surface area contributed by atoms with Crippen LogP contribution in [-0.2, 0) is 0 Å². The molecule has 0 saturated carbocycles. The Balaban J connectivity index is 1.61. The Morgan fingerprint density at radius 1 is 1.08 bits per heavy atom. The van der Waals surface area contributed by atoms with Crippen LogP contribution in [0.3, 0.4) is 0 Å². The standard InChI is InChI=1S/C17H19N7O2/c18-4-1-5-20-16(25)12-7-14(10-19-8-12)23-17(26)22-13-2-3-15-11(6-13)9-21-24-15/h2-3,6-10H,1,4-5,18H2,(H,20,25)(H,21,24)(H2,22,23,26). The lowest BCUT2D eigenvalue weighted by molar-refractivity contribution is 0.0953. The lowest BCUT2D eigenvalue weighted by Crippen LogP contribution is -2.26. The molecule has 0 spiro atoms. The molecular weight excluding hydrogens is 334 g/mol. The minimum atomic E-state index is -0.435. The number of hydrogen-bond donors (Lipinski definition) is 5. The van der Waals surface area contributed by atoms with Crippen molar-refractivity contribution < 1.29 is 9.59 Å². The second-order valence-electron chi connectivity index (χ2n) is 5.61. The van der Waals surface area contributed by atoms with Crippen LogP contribution in [0.4, 0.5) is 16.2 Å². The van der Waals surface area contributed by atoms with Crippen molar-refractivity contribution in [3.05, 3.63) is 48.4 Å². The number of nitrogens with zero attached hydrogens (tertiary/aromatic N) is 2. The summed E-state index contributed by atoms with van der Waals surface area (Å²) in [5.74, 6) is -0.264. The zero-order chi connectivity index (χ0) is 18.4. The topological polar surface area (TPSA) is 138 Å². The number of H-pyrrole nitrogens is 1. The molecule has 1 aromatic carbocycles. The lowest BCUT2D eigenvalue weighted by atomic mass is 10.2. The Bertz CT molecular complexity index is 922. The quantitative estimate of drug-likeness (QED) is 0.429. The number of urea groups is 1. The molecule has 0 aliphatic heterocycles. The van der Waals surface area contributed by atoms with Gasteiger partial charge in [0.15, 0.2) is 0 Å². The second kappa shape index (κ2) is 8.08. The third kappa shape index (κ3) is 4.33. The minimum Gasteiger partial charge on any atom is -0.352 e. The van der Waals surface area contributed by atoms with E-state index in [1.807, 2.05) is 6.07 Å². The van der Waals surface area contributed by atoms with E-state index in [1.54, 1.807) is 24.4 Å². The van der Waals surface area contributed by atoms with Gasteiger partial charge >= 0.3 is 6.03 Å². The molecule has 6 N–H and O–H groups in total. The van der Waals surface area contributed by atoms with Crippen LogP contribution in [-0.4, -0.2) is 40.2 Å². The number of nitrogens with two attached hydrogens (primary N) is 1. The fraction of sp³-hybridized carbons (Fsp3) is 0.176. The van der Waals surface area contributed by atoms with Gasteiger partial charge in [-0.05, 0) is 37.2 Å². The molecule has 0 aliphatic carbocycles. The molecule has 2 heterocycles. The van der Waals surface area contributed by atoms with E-state index in [9.17, 15) is 9.59 Å². The normalized spacial score (nSPS) is 10.5. The van der Waals surface area contributed by atoms with Gasteiger partial charge in [-0.25, -0.2) is 4.79 Å². The van der Waals surface area contributed by atoms with Gasteiger partial charge in [-0.15, -0.1) is 0 Å². The molecule has 3 rings (SSSR count). The molecule has 0 fully saturated rings. The summed E-state index contributed by atoms with van der Waals surface area (Å²) in [7, 11) is 0. The van der Waals surface area contributed by atoms with E-state index in [0.717, 1.165) is 10.9 Å². The molecule has 9 nitrogen and oxygen atoms in total. The van der Waals surface area contributed by atoms with E-state index in [4.69, 9.17) is 5.73 Å². The zero-order valence-electron chi connectivity index (χ0n) is 14.0. The number of pyridine rings is 1. The smallest absolute Gasteiger partial charge is 0.323 e. The zero-order valence-corrected chi connectivity index (χ0v) is 14.0. The predicted molar refractivity (Wildman–Crippen MR) is 99.0 cm³/mol. The van der Waals surface area contributed by atoms with Gasteiger partial charge in [-0.2, -0.15) is 5.10 Å². The first-order valence-corrected chi connectivity index (χ1v) is 8.10. The van der Waals surface area contributed by atoms with Crippen molar-refractivity contribution in [3.63, 3.8) is 0 Å². The molecule has 0 atom stereocenters. The first-order chi connectivity index (χ1) is 12.7. The molecular formula is C17H19N7O2. The largest absolute Gasteiger partial charge is 0.352 e. The number of hydrogen-bond acceptors (Lipinski definition) is 5. The summed E-state index contributed by atoms with van der Waals surface area (Å²) in [6, 6.07) is 6.52. The van der Waals surface area contributed by atoms with Crippen molar-refractivity contribution in [3.8, 4) is 0 Å². The Morgan fingerprint density at radius 2 is 1.92 bits per heavy atom. The van der Waals surface area contributed by atoms with Crippen molar-refractivity contribution in [2.24, 2.45) is 5.73 Å². The van der Waals surface area contributed by atoms with Crippen molar-refractivity contribution in [2.45, 2.75) is 6.42 Å². The summed E-state index contributed by atoms with van der Waals surface area (Å²) in [4.78, 5) is 28.2. The van der Waals surface area contributed by atoms with Crippen molar-refractivity contribution in [2.75, 3.05) is 23.7 Å². The van der Waals surface area contributed by atoms with Crippen LogP contribution < -0.4 is 21.7 Å². The van der Waals surface area contributed by atoms with Crippen LogP contribution in [0, 0.1) is 0 Å². The Morgan fingerprint density at radius 3 is 2.77 bits per heavy atom. The minimum absolute atomic E-state index is 0.264. The third-order valence-electron chi connectivity index (χ3n) is 3.62. The average molecular weight is 353 g/mol. The summed E-state index contributed by atoms with van der Waals surface area (Å²) >= 11 is 0. The monoisotopic (exact) mass is 353 g/mol. The highest BCUT2D eigenvalue weighted by Crippen LogP contribution is 2.17. The number of rotatable bonds is 6. The second-order valence-corrected chi connectivity index (χ2v) is 5.61. The summed E-state index contributed by atoms with van der Waals surface area (Å²) < 4.78 is 0. The molecule has 0 radical (unpaired) electrons. The molecule has 0 bridgehead atoms. The van der Waals surface area contributed by atoms with Gasteiger partial charge in [0.2, 0.25) is 0 Å².